The molecule has 1 aromatic carbocycles. The molecule has 21 heavy (non-hydrogen) atoms. The molecule has 0 spiro atoms. The molecule has 0 unspecified atom stereocenters. The lowest BCUT2D eigenvalue weighted by molar-refractivity contribution is -0.114. The van der Waals surface area contributed by atoms with E-state index in [9.17, 15) is 9.59 Å². The van der Waals surface area contributed by atoms with Crippen molar-refractivity contribution in [3.05, 3.63) is 48.2 Å². The number of nitrogens with one attached hydrogen (secondary N) is 2. The van der Waals surface area contributed by atoms with Crippen molar-refractivity contribution in [3.8, 4) is 5.75 Å². The number of nitrogens with zero attached hydrogens (tertiary/aromatic N) is 1. The van der Waals surface area contributed by atoms with E-state index in [1.54, 1.807) is 42.6 Å². The van der Waals surface area contributed by atoms with Crippen LogP contribution in [0.4, 0.5) is 11.5 Å². The average Bonchev–Trinajstić information content (AvgIpc) is 2.47. The van der Waals surface area contributed by atoms with Gasteiger partial charge < -0.3 is 15.4 Å². The Labute approximate surface area is 122 Å². The summed E-state index contributed by atoms with van der Waals surface area (Å²) in [6, 6.07) is 10.1. The molecule has 0 atom stereocenters. The minimum atomic E-state index is -0.363. The molecular formula is C15H15N3O3. The number of aromatic nitrogens is 1. The molecule has 6 nitrogen and oxygen atoms in total. The number of benzene rings is 1. The highest BCUT2D eigenvalue weighted by molar-refractivity contribution is 6.06. The summed E-state index contributed by atoms with van der Waals surface area (Å²) in [6.45, 7) is 1.40. The van der Waals surface area contributed by atoms with Crippen LogP contribution in [-0.2, 0) is 4.79 Å². The predicted molar refractivity (Wildman–Crippen MR) is 79.5 cm³/mol. The van der Waals surface area contributed by atoms with Gasteiger partial charge in [-0.15, -0.1) is 0 Å². The van der Waals surface area contributed by atoms with Crippen molar-refractivity contribution < 1.29 is 14.3 Å². The number of carbonyl (C=O) groups is 2. The zero-order valence-electron chi connectivity index (χ0n) is 11.7. The second kappa shape index (κ2) is 6.51. The molecule has 2 aromatic rings. The van der Waals surface area contributed by atoms with E-state index >= 15 is 0 Å². The minimum absolute atomic E-state index is 0.212. The van der Waals surface area contributed by atoms with Crippen LogP contribution in [0, 0.1) is 0 Å². The molecule has 1 heterocycles. The first kappa shape index (κ1) is 14.5. The molecule has 2 N–H and O–H groups in total. The molecule has 0 radical (unpaired) electrons. The van der Waals surface area contributed by atoms with Gasteiger partial charge in [0.15, 0.2) is 0 Å². The van der Waals surface area contributed by atoms with E-state index in [0.717, 1.165) is 0 Å². The zero-order valence-corrected chi connectivity index (χ0v) is 11.7. The maximum absolute atomic E-state index is 12.3. The standard InChI is InChI=1S/C15H15N3O3/c1-10(19)17-11-6-7-13(21-2)12(9-11)15(20)18-14-5-3-4-8-16-14/h3-9H,1-2H3,(H,17,19)(H,16,18,20). The number of amides is 2. The van der Waals surface area contributed by atoms with Gasteiger partial charge in [0.2, 0.25) is 5.91 Å². The minimum Gasteiger partial charge on any atom is -0.496 e. The summed E-state index contributed by atoms with van der Waals surface area (Å²) in [5.41, 5.74) is 0.837. The fourth-order valence-electron chi connectivity index (χ4n) is 1.79. The third-order valence-corrected chi connectivity index (χ3v) is 2.67. The van der Waals surface area contributed by atoms with Gasteiger partial charge in [-0.3, -0.25) is 9.59 Å². The third kappa shape index (κ3) is 3.79. The summed E-state index contributed by atoms with van der Waals surface area (Å²) in [5.74, 6) is 0.279. The second-order valence-electron chi connectivity index (χ2n) is 4.27. The molecule has 1 aromatic heterocycles. The van der Waals surface area contributed by atoms with E-state index in [4.69, 9.17) is 4.74 Å². The van der Waals surface area contributed by atoms with Crippen molar-refractivity contribution >= 4 is 23.3 Å². The molecule has 2 rings (SSSR count). The average molecular weight is 285 g/mol. The first-order valence-electron chi connectivity index (χ1n) is 6.28. The van der Waals surface area contributed by atoms with Crippen LogP contribution in [0.3, 0.4) is 0 Å². The number of anilines is 2. The lowest BCUT2D eigenvalue weighted by atomic mass is 10.1. The van der Waals surface area contributed by atoms with Gasteiger partial charge >= 0.3 is 0 Å². The van der Waals surface area contributed by atoms with Gasteiger partial charge in [-0.1, -0.05) is 6.07 Å². The van der Waals surface area contributed by atoms with E-state index < -0.39 is 0 Å². The number of rotatable bonds is 4. The molecular weight excluding hydrogens is 270 g/mol. The monoisotopic (exact) mass is 285 g/mol. The van der Waals surface area contributed by atoms with Crippen LogP contribution in [0.15, 0.2) is 42.6 Å². The van der Waals surface area contributed by atoms with Crippen LogP contribution in [0.5, 0.6) is 5.75 Å². The van der Waals surface area contributed by atoms with E-state index in [-0.39, 0.29) is 11.8 Å². The third-order valence-electron chi connectivity index (χ3n) is 2.67. The number of hydrogen-bond acceptors (Lipinski definition) is 4. The van der Waals surface area contributed by atoms with Gasteiger partial charge in [0.05, 0.1) is 12.7 Å². The normalized spacial score (nSPS) is 9.81. The van der Waals surface area contributed by atoms with Crippen LogP contribution < -0.4 is 15.4 Å². The number of ether oxygens (including phenoxy) is 1. The van der Waals surface area contributed by atoms with Crippen LogP contribution in [-0.4, -0.2) is 23.9 Å². The van der Waals surface area contributed by atoms with Gasteiger partial charge in [-0.2, -0.15) is 0 Å². The summed E-state index contributed by atoms with van der Waals surface area (Å²) >= 11 is 0. The molecule has 0 aliphatic heterocycles. The van der Waals surface area contributed by atoms with Crippen molar-refractivity contribution in [1.82, 2.24) is 4.98 Å². The summed E-state index contributed by atoms with van der Waals surface area (Å²) in [7, 11) is 1.48. The maximum Gasteiger partial charge on any atom is 0.260 e. The highest BCUT2D eigenvalue weighted by atomic mass is 16.5. The lowest BCUT2D eigenvalue weighted by Crippen LogP contribution is -2.15. The van der Waals surface area contributed by atoms with Crippen molar-refractivity contribution in [2.75, 3.05) is 17.7 Å². The van der Waals surface area contributed by atoms with Gasteiger partial charge in [-0.05, 0) is 30.3 Å². The van der Waals surface area contributed by atoms with Crippen molar-refractivity contribution in [3.63, 3.8) is 0 Å². The fraction of sp³-hybridized carbons (Fsp3) is 0.133. The molecule has 0 saturated heterocycles. The summed E-state index contributed by atoms with van der Waals surface area (Å²) in [5, 5.41) is 5.30. The molecule has 108 valence electrons. The Balaban J connectivity index is 2.27. The van der Waals surface area contributed by atoms with E-state index in [1.165, 1.54) is 14.0 Å². The SMILES string of the molecule is COc1ccc(NC(C)=O)cc1C(=O)Nc1ccccn1. The second-order valence-corrected chi connectivity index (χ2v) is 4.27. The van der Waals surface area contributed by atoms with Gasteiger partial charge in [0.25, 0.3) is 5.91 Å². The zero-order chi connectivity index (χ0) is 15.2. The van der Waals surface area contributed by atoms with Gasteiger partial charge in [-0.25, -0.2) is 4.98 Å². The smallest absolute Gasteiger partial charge is 0.260 e. The molecule has 2 amide bonds. The van der Waals surface area contributed by atoms with Crippen molar-refractivity contribution in [2.45, 2.75) is 6.92 Å². The largest absolute Gasteiger partial charge is 0.496 e. The Hall–Kier alpha value is -2.89. The topological polar surface area (TPSA) is 80.3 Å². The molecule has 0 fully saturated rings. The van der Waals surface area contributed by atoms with Crippen molar-refractivity contribution in [2.24, 2.45) is 0 Å². The fourth-order valence-corrected chi connectivity index (χ4v) is 1.79. The predicted octanol–water partition coefficient (Wildman–Crippen LogP) is 2.30. The Kier molecular flexibility index (Phi) is 4.50. The summed E-state index contributed by atoms with van der Waals surface area (Å²) in [4.78, 5) is 27.4. The Bertz CT molecular complexity index is 656. The number of pyridine rings is 1. The first-order valence-corrected chi connectivity index (χ1v) is 6.28. The van der Waals surface area contributed by atoms with Gasteiger partial charge in [0, 0.05) is 18.8 Å². The maximum atomic E-state index is 12.3. The molecule has 6 heteroatoms. The number of methoxy groups -OCH3 is 1. The Morgan fingerprint density at radius 2 is 1.95 bits per heavy atom. The van der Waals surface area contributed by atoms with Crippen LogP contribution in [0.25, 0.3) is 0 Å². The van der Waals surface area contributed by atoms with Crippen molar-refractivity contribution in [1.29, 1.82) is 0 Å². The first-order chi connectivity index (χ1) is 10.1. The number of hydrogen-bond donors (Lipinski definition) is 2. The quantitative estimate of drug-likeness (QED) is 0.903. The highest BCUT2D eigenvalue weighted by Crippen LogP contribution is 2.23. The van der Waals surface area contributed by atoms with E-state index in [0.29, 0.717) is 22.8 Å². The molecule has 0 bridgehead atoms. The Morgan fingerprint density at radius 1 is 1.14 bits per heavy atom. The van der Waals surface area contributed by atoms with Crippen LogP contribution >= 0.6 is 0 Å². The summed E-state index contributed by atoms with van der Waals surface area (Å²) < 4.78 is 5.17. The van der Waals surface area contributed by atoms with E-state index in [1.807, 2.05) is 0 Å². The molecule has 0 aliphatic rings. The van der Waals surface area contributed by atoms with Crippen LogP contribution in [0.2, 0.25) is 0 Å². The number of carbonyl (C=O) groups excluding carboxylic acids is 2. The summed E-state index contributed by atoms with van der Waals surface area (Å²) in [6.07, 6.45) is 1.58. The highest BCUT2D eigenvalue weighted by Gasteiger charge is 2.14. The van der Waals surface area contributed by atoms with E-state index in [2.05, 4.69) is 15.6 Å². The Morgan fingerprint density at radius 3 is 2.57 bits per heavy atom. The molecule has 0 aliphatic carbocycles. The molecule has 0 saturated carbocycles. The van der Waals surface area contributed by atoms with Gasteiger partial charge in [0.1, 0.15) is 11.6 Å². The van der Waals surface area contributed by atoms with Crippen LogP contribution in [0.1, 0.15) is 17.3 Å². The lowest BCUT2D eigenvalue weighted by Gasteiger charge is -2.11.